The third-order valence-corrected chi connectivity index (χ3v) is 5.66. The number of guanidine groups is 1. The van der Waals surface area contributed by atoms with Crippen LogP contribution in [0.3, 0.4) is 0 Å². The summed E-state index contributed by atoms with van der Waals surface area (Å²) in [6.07, 6.45) is 3.47. The van der Waals surface area contributed by atoms with Crippen molar-refractivity contribution in [2.75, 3.05) is 44.7 Å². The van der Waals surface area contributed by atoms with E-state index in [-0.39, 0.29) is 29.6 Å². The molecule has 2 fully saturated rings. The van der Waals surface area contributed by atoms with E-state index in [1.807, 2.05) is 7.05 Å². The first kappa shape index (κ1) is 21.8. The number of halogens is 2. The maximum atomic E-state index is 5.83. The van der Waals surface area contributed by atoms with Gasteiger partial charge in [0.05, 0.1) is 5.60 Å². The van der Waals surface area contributed by atoms with Crippen LogP contribution in [0.25, 0.3) is 0 Å². The van der Waals surface area contributed by atoms with Crippen molar-refractivity contribution in [1.29, 1.82) is 0 Å². The Bertz CT molecular complexity index is 607. The fourth-order valence-electron chi connectivity index (χ4n) is 3.62. The number of aliphatic imine (C=N–C) groups is 1. The largest absolute Gasteiger partial charge is 0.373 e. The number of hydrogen-bond acceptors (Lipinski definition) is 3. The van der Waals surface area contributed by atoms with Crippen LogP contribution in [0.5, 0.6) is 0 Å². The van der Waals surface area contributed by atoms with E-state index in [0.29, 0.717) is 5.92 Å². The molecule has 0 aromatic heterocycles. The summed E-state index contributed by atoms with van der Waals surface area (Å²) in [5.74, 6) is 1.51. The van der Waals surface area contributed by atoms with Crippen LogP contribution in [0.15, 0.2) is 33.7 Å². The second kappa shape index (κ2) is 10.1. The van der Waals surface area contributed by atoms with Gasteiger partial charge in [-0.05, 0) is 50.3 Å². The maximum absolute atomic E-state index is 5.83. The molecular weight excluding hydrogens is 507 g/mol. The monoisotopic (exact) mass is 536 g/mol. The molecule has 0 bridgehead atoms. The zero-order valence-corrected chi connectivity index (χ0v) is 19.5. The Labute approximate surface area is 182 Å². The van der Waals surface area contributed by atoms with E-state index >= 15 is 0 Å². The van der Waals surface area contributed by atoms with Crippen molar-refractivity contribution in [3.05, 3.63) is 28.7 Å². The molecule has 0 spiro atoms. The van der Waals surface area contributed by atoms with Gasteiger partial charge in [-0.25, -0.2) is 0 Å². The third kappa shape index (κ3) is 5.99. The minimum atomic E-state index is -0.0531. The Balaban J connectivity index is 0.00000243. The molecule has 2 N–H and O–H groups in total. The molecule has 0 aliphatic carbocycles. The number of benzene rings is 1. The molecule has 2 unspecified atom stereocenters. The van der Waals surface area contributed by atoms with Gasteiger partial charge in [-0.3, -0.25) is 4.99 Å². The second-order valence-corrected chi connectivity index (χ2v) is 8.20. The molecule has 2 atom stereocenters. The Morgan fingerprint density at radius 2 is 2.27 bits per heavy atom. The summed E-state index contributed by atoms with van der Waals surface area (Å²) in [5, 5.41) is 6.90. The summed E-state index contributed by atoms with van der Waals surface area (Å²) in [4.78, 5) is 6.81. The molecule has 146 valence electrons. The Hall–Kier alpha value is -0.540. The number of nitrogens with zero attached hydrogens (tertiary/aromatic N) is 2. The zero-order chi connectivity index (χ0) is 17.7. The average Bonchev–Trinajstić information content (AvgIpc) is 3.25. The highest BCUT2D eigenvalue weighted by Crippen LogP contribution is 2.26. The van der Waals surface area contributed by atoms with Gasteiger partial charge in [0.25, 0.3) is 0 Å². The molecule has 0 radical (unpaired) electrons. The van der Waals surface area contributed by atoms with Crippen LogP contribution in [0, 0.1) is 5.92 Å². The number of ether oxygens (including phenoxy) is 1. The molecule has 2 aliphatic heterocycles. The van der Waals surface area contributed by atoms with E-state index < -0.39 is 0 Å². The van der Waals surface area contributed by atoms with Crippen molar-refractivity contribution >= 4 is 51.6 Å². The van der Waals surface area contributed by atoms with Crippen LogP contribution < -0.4 is 15.5 Å². The highest BCUT2D eigenvalue weighted by atomic mass is 127. The fraction of sp³-hybridized carbons (Fsp3) is 0.632. The van der Waals surface area contributed by atoms with Crippen molar-refractivity contribution in [3.8, 4) is 0 Å². The van der Waals surface area contributed by atoms with E-state index in [0.717, 1.165) is 56.1 Å². The normalized spacial score (nSPS) is 25.9. The quantitative estimate of drug-likeness (QED) is 0.343. The van der Waals surface area contributed by atoms with Gasteiger partial charge in [0.15, 0.2) is 5.96 Å². The van der Waals surface area contributed by atoms with Gasteiger partial charge in [-0.2, -0.15) is 0 Å². The second-order valence-electron chi connectivity index (χ2n) is 7.29. The van der Waals surface area contributed by atoms with Crippen molar-refractivity contribution in [2.24, 2.45) is 10.9 Å². The molecule has 26 heavy (non-hydrogen) atoms. The van der Waals surface area contributed by atoms with Crippen LogP contribution >= 0.6 is 39.9 Å². The Morgan fingerprint density at radius 3 is 2.96 bits per heavy atom. The van der Waals surface area contributed by atoms with E-state index in [1.54, 1.807) is 0 Å². The molecule has 1 aromatic rings. The lowest BCUT2D eigenvalue weighted by Gasteiger charge is -2.25. The molecule has 7 heteroatoms. The van der Waals surface area contributed by atoms with Gasteiger partial charge in [-0.1, -0.05) is 22.0 Å². The molecule has 0 amide bonds. The maximum Gasteiger partial charge on any atom is 0.191 e. The van der Waals surface area contributed by atoms with E-state index in [2.05, 4.69) is 67.6 Å². The van der Waals surface area contributed by atoms with Crippen LogP contribution in [-0.4, -0.2) is 51.4 Å². The number of anilines is 1. The van der Waals surface area contributed by atoms with E-state index in [1.165, 1.54) is 12.1 Å². The predicted molar refractivity (Wildman–Crippen MR) is 123 cm³/mol. The minimum absolute atomic E-state index is 0. The Kier molecular flexibility index (Phi) is 8.47. The minimum Gasteiger partial charge on any atom is -0.373 e. The summed E-state index contributed by atoms with van der Waals surface area (Å²) < 4.78 is 6.97. The first-order chi connectivity index (χ1) is 12.1. The third-order valence-electron chi connectivity index (χ3n) is 5.17. The number of nitrogens with one attached hydrogen (secondary N) is 2. The van der Waals surface area contributed by atoms with Crippen LogP contribution in [-0.2, 0) is 4.74 Å². The highest BCUT2D eigenvalue weighted by Gasteiger charge is 2.30. The van der Waals surface area contributed by atoms with E-state index in [4.69, 9.17) is 4.74 Å². The van der Waals surface area contributed by atoms with Gasteiger partial charge in [0.2, 0.25) is 0 Å². The lowest BCUT2D eigenvalue weighted by Crippen LogP contribution is -2.46. The summed E-state index contributed by atoms with van der Waals surface area (Å²) in [5.41, 5.74) is 1.24. The molecule has 5 nitrogen and oxygen atoms in total. The first-order valence-corrected chi connectivity index (χ1v) is 9.96. The van der Waals surface area contributed by atoms with Crippen molar-refractivity contribution in [3.63, 3.8) is 0 Å². The van der Waals surface area contributed by atoms with Gasteiger partial charge < -0.3 is 20.3 Å². The molecule has 2 aliphatic rings. The van der Waals surface area contributed by atoms with Crippen LogP contribution in [0.4, 0.5) is 5.69 Å². The fourth-order valence-corrected chi connectivity index (χ4v) is 4.00. The SMILES string of the molecule is CN=C(NCC1CCN(c2cccc(Br)c2)C1)NCC1(C)CCCO1.I. The van der Waals surface area contributed by atoms with Crippen molar-refractivity contribution in [2.45, 2.75) is 31.8 Å². The van der Waals surface area contributed by atoms with Gasteiger partial charge in [0.1, 0.15) is 0 Å². The van der Waals surface area contributed by atoms with Gasteiger partial charge in [0, 0.05) is 50.0 Å². The molecule has 0 saturated carbocycles. The average molecular weight is 537 g/mol. The number of hydrogen-bond donors (Lipinski definition) is 2. The summed E-state index contributed by atoms with van der Waals surface area (Å²) >= 11 is 3.56. The standard InChI is InChI=1S/C19H29BrN4O.HI/c1-19(8-4-10-25-19)14-23-18(21-2)22-12-15-7-9-24(13-15)17-6-3-5-16(20)11-17;/h3,5-6,11,15H,4,7-10,12-14H2,1-2H3,(H2,21,22,23);1H. The molecule has 2 heterocycles. The van der Waals surface area contributed by atoms with Gasteiger partial charge in [-0.15, -0.1) is 24.0 Å². The molecule has 1 aromatic carbocycles. The number of rotatable bonds is 5. The summed E-state index contributed by atoms with van der Waals surface area (Å²) in [6, 6.07) is 8.55. The van der Waals surface area contributed by atoms with Crippen molar-refractivity contribution < 1.29 is 4.74 Å². The van der Waals surface area contributed by atoms with Crippen LogP contribution in [0.2, 0.25) is 0 Å². The highest BCUT2D eigenvalue weighted by molar-refractivity contribution is 14.0. The lowest BCUT2D eigenvalue weighted by molar-refractivity contribution is 0.0243. The van der Waals surface area contributed by atoms with Crippen LogP contribution in [0.1, 0.15) is 26.2 Å². The smallest absolute Gasteiger partial charge is 0.191 e. The Morgan fingerprint density at radius 1 is 1.42 bits per heavy atom. The van der Waals surface area contributed by atoms with Crippen molar-refractivity contribution in [1.82, 2.24) is 10.6 Å². The molecule has 2 saturated heterocycles. The predicted octanol–water partition coefficient (Wildman–Crippen LogP) is 3.63. The topological polar surface area (TPSA) is 48.9 Å². The molecule has 3 rings (SSSR count). The molecular formula is C19H30BrIN4O. The zero-order valence-electron chi connectivity index (χ0n) is 15.6. The van der Waals surface area contributed by atoms with E-state index in [9.17, 15) is 0 Å². The van der Waals surface area contributed by atoms with Gasteiger partial charge >= 0.3 is 0 Å². The first-order valence-electron chi connectivity index (χ1n) is 9.17. The summed E-state index contributed by atoms with van der Waals surface area (Å²) in [6.45, 7) is 7.00. The lowest BCUT2D eigenvalue weighted by atomic mass is 10.0. The summed E-state index contributed by atoms with van der Waals surface area (Å²) in [7, 11) is 1.83.